The number of benzene rings is 2. The number of nitrogens with zero attached hydrogens (tertiary/aromatic N) is 2. The van der Waals surface area contributed by atoms with Crippen molar-refractivity contribution in [1.29, 1.82) is 0 Å². The van der Waals surface area contributed by atoms with E-state index in [2.05, 4.69) is 0 Å². The summed E-state index contributed by atoms with van der Waals surface area (Å²) in [4.78, 5) is 18.4. The van der Waals surface area contributed by atoms with Gasteiger partial charge >= 0.3 is 0 Å². The molecule has 0 amide bonds. The Morgan fingerprint density at radius 3 is 2.70 bits per heavy atom. The number of hydrogen-bond acceptors (Lipinski definition) is 5. The van der Waals surface area contributed by atoms with E-state index in [0.29, 0.717) is 35.5 Å². The molecule has 1 N–H and O–H groups in total. The van der Waals surface area contributed by atoms with E-state index in [1.807, 2.05) is 37.3 Å². The van der Waals surface area contributed by atoms with Gasteiger partial charge in [0.1, 0.15) is 12.4 Å². The van der Waals surface area contributed by atoms with Crippen molar-refractivity contribution in [3.8, 4) is 22.5 Å². The third-order valence-electron chi connectivity index (χ3n) is 6.73. The second-order valence-corrected chi connectivity index (χ2v) is 8.81. The van der Waals surface area contributed by atoms with Crippen LogP contribution in [0.4, 0.5) is 4.39 Å². The first-order valence-corrected chi connectivity index (χ1v) is 11.2. The maximum atomic E-state index is 13.7. The predicted molar refractivity (Wildman–Crippen MR) is 128 cm³/mol. The molecule has 0 bridgehead atoms. The van der Waals surface area contributed by atoms with Crippen LogP contribution in [0, 0.1) is 5.82 Å². The van der Waals surface area contributed by atoms with Gasteiger partial charge in [0, 0.05) is 16.5 Å². The quantitative estimate of drug-likeness (QED) is 0.389. The van der Waals surface area contributed by atoms with E-state index in [0.717, 1.165) is 27.6 Å². The minimum absolute atomic E-state index is 0.0339. The Morgan fingerprint density at radius 1 is 1.18 bits per heavy atom. The smallest absolute Gasteiger partial charge is 0.258 e. The summed E-state index contributed by atoms with van der Waals surface area (Å²) in [5, 5.41) is 12.3. The Kier molecular flexibility index (Phi) is 4.31. The number of aromatic nitrogens is 2. The number of pyridine rings is 2. The molecule has 0 saturated carbocycles. The van der Waals surface area contributed by atoms with Gasteiger partial charge in [-0.1, -0.05) is 37.3 Å². The van der Waals surface area contributed by atoms with Crippen LogP contribution in [0.1, 0.15) is 30.0 Å². The third kappa shape index (κ3) is 2.76. The summed E-state index contributed by atoms with van der Waals surface area (Å²) >= 11 is 5.30. The molecule has 0 fully saturated rings. The predicted octanol–water partition coefficient (Wildman–Crippen LogP) is 4.69. The zero-order valence-electron chi connectivity index (χ0n) is 17.8. The number of aliphatic hydroxyl groups is 1. The Balaban J connectivity index is 1.68. The summed E-state index contributed by atoms with van der Waals surface area (Å²) in [5.41, 5.74) is 3.95. The first-order valence-electron chi connectivity index (χ1n) is 10.8. The van der Waals surface area contributed by atoms with Gasteiger partial charge in [-0.05, 0) is 54.0 Å². The molecular weight excluding hydrogens is 439 g/mol. The fourth-order valence-corrected chi connectivity index (χ4v) is 5.29. The highest BCUT2D eigenvalue weighted by atomic mass is 32.1. The number of fused-ring (bicyclic) bond motifs is 5. The van der Waals surface area contributed by atoms with Crippen molar-refractivity contribution in [2.45, 2.75) is 32.1 Å². The average molecular weight is 459 g/mol. The van der Waals surface area contributed by atoms with Crippen LogP contribution in [0.2, 0.25) is 0 Å². The lowest BCUT2D eigenvalue weighted by atomic mass is 9.86. The van der Waals surface area contributed by atoms with Crippen molar-refractivity contribution in [2.75, 3.05) is 0 Å². The number of rotatable bonds is 2. The van der Waals surface area contributed by atoms with Crippen molar-refractivity contribution in [3.63, 3.8) is 0 Å². The van der Waals surface area contributed by atoms with E-state index in [9.17, 15) is 14.3 Å². The number of thiocarbonyl (C=S) groups is 1. The monoisotopic (exact) mass is 458 g/mol. The van der Waals surface area contributed by atoms with Crippen LogP contribution in [0.25, 0.3) is 33.4 Å². The van der Waals surface area contributed by atoms with Crippen LogP contribution >= 0.6 is 12.2 Å². The first-order chi connectivity index (χ1) is 15.9. The molecule has 2 aromatic carbocycles. The lowest BCUT2D eigenvalue weighted by Crippen LogP contribution is -2.43. The molecule has 6 rings (SSSR count). The number of ether oxygens (including phenoxy) is 1. The maximum Gasteiger partial charge on any atom is 0.258 e. The first kappa shape index (κ1) is 20.2. The van der Waals surface area contributed by atoms with E-state index in [1.54, 1.807) is 16.7 Å². The summed E-state index contributed by atoms with van der Waals surface area (Å²) in [6.07, 6.45) is 0.292. The van der Waals surface area contributed by atoms with Crippen molar-refractivity contribution in [3.05, 3.63) is 87.5 Å². The minimum atomic E-state index is -1.50. The van der Waals surface area contributed by atoms with Gasteiger partial charge in [0.15, 0.2) is 10.7 Å². The van der Waals surface area contributed by atoms with E-state index in [4.69, 9.17) is 21.9 Å². The van der Waals surface area contributed by atoms with Crippen LogP contribution in [0.15, 0.2) is 59.4 Å². The van der Waals surface area contributed by atoms with Gasteiger partial charge in [-0.15, -0.1) is 0 Å². The highest BCUT2D eigenvalue weighted by Crippen LogP contribution is 2.43. The third-order valence-corrected chi connectivity index (χ3v) is 7.18. The van der Waals surface area contributed by atoms with Crippen LogP contribution in [-0.4, -0.2) is 19.7 Å². The van der Waals surface area contributed by atoms with Crippen LogP contribution in [0.3, 0.4) is 0 Å². The molecule has 2 aromatic heterocycles. The zero-order valence-corrected chi connectivity index (χ0v) is 18.6. The van der Waals surface area contributed by atoms with Gasteiger partial charge in [-0.2, -0.15) is 0 Å². The molecule has 0 saturated heterocycles. The van der Waals surface area contributed by atoms with Gasteiger partial charge in [0.2, 0.25) is 0 Å². The topological polar surface area (TPSA) is 64.3 Å². The molecule has 2 aliphatic heterocycles. The molecule has 33 heavy (non-hydrogen) atoms. The van der Waals surface area contributed by atoms with E-state index < -0.39 is 5.60 Å². The standard InChI is InChI=1S/C26H19FN2O3S/c1-2-26(31)19-11-21-23-17(12-29(21)24(30)18(19)13-32-25(26)33)22(14-7-9-15(27)10-8-14)16-5-3-4-6-20(16)28-23/h3-11,31H,2,12-13H2,1H3/t26-/m0/s1. The fraction of sp³-hybridized carbons (Fsp3) is 0.192. The molecule has 0 aliphatic carbocycles. The van der Waals surface area contributed by atoms with Gasteiger partial charge < -0.3 is 14.4 Å². The molecule has 4 heterocycles. The molecule has 0 unspecified atom stereocenters. The molecule has 5 nitrogen and oxygen atoms in total. The lowest BCUT2D eigenvalue weighted by molar-refractivity contribution is 0.0604. The SMILES string of the molecule is CC[C@@]1(O)C(=S)OCc2c1cc1n(c2=O)Cc2c-1nc1ccccc1c2-c1ccc(F)cc1. The highest BCUT2D eigenvalue weighted by molar-refractivity contribution is 7.80. The van der Waals surface area contributed by atoms with Crippen molar-refractivity contribution < 1.29 is 14.2 Å². The molecule has 7 heteroatoms. The van der Waals surface area contributed by atoms with Gasteiger partial charge in [0.05, 0.1) is 29.0 Å². The average Bonchev–Trinajstić information content (AvgIpc) is 3.19. The van der Waals surface area contributed by atoms with Crippen LogP contribution in [0.5, 0.6) is 0 Å². The zero-order chi connectivity index (χ0) is 22.9. The highest BCUT2D eigenvalue weighted by Gasteiger charge is 2.42. The Labute approximate surface area is 194 Å². The summed E-state index contributed by atoms with van der Waals surface area (Å²) in [6.45, 7) is 2.17. The van der Waals surface area contributed by atoms with Crippen molar-refractivity contribution in [1.82, 2.24) is 9.55 Å². The molecule has 2 aliphatic rings. The second kappa shape index (κ2) is 7.04. The summed E-state index contributed by atoms with van der Waals surface area (Å²) < 4.78 is 20.9. The molecular formula is C26H19FN2O3S. The minimum Gasteiger partial charge on any atom is -0.479 e. The lowest BCUT2D eigenvalue weighted by Gasteiger charge is -2.34. The Hall–Kier alpha value is -3.42. The largest absolute Gasteiger partial charge is 0.479 e. The van der Waals surface area contributed by atoms with Gasteiger partial charge in [-0.3, -0.25) is 4.79 Å². The Bertz CT molecular complexity index is 1540. The van der Waals surface area contributed by atoms with Gasteiger partial charge in [0.25, 0.3) is 5.56 Å². The maximum absolute atomic E-state index is 13.7. The normalized spacial score (nSPS) is 18.6. The van der Waals surface area contributed by atoms with E-state index >= 15 is 0 Å². The fourth-order valence-electron chi connectivity index (χ4n) is 4.97. The molecule has 1 atom stereocenters. The van der Waals surface area contributed by atoms with Crippen molar-refractivity contribution in [2.24, 2.45) is 0 Å². The summed E-state index contributed by atoms with van der Waals surface area (Å²) in [6, 6.07) is 16.0. The summed E-state index contributed by atoms with van der Waals surface area (Å²) in [7, 11) is 0. The Morgan fingerprint density at radius 2 is 1.94 bits per heavy atom. The van der Waals surface area contributed by atoms with Crippen LogP contribution in [-0.2, 0) is 23.5 Å². The van der Waals surface area contributed by atoms with Gasteiger partial charge in [-0.25, -0.2) is 9.37 Å². The molecule has 4 aromatic rings. The number of hydrogen-bond donors (Lipinski definition) is 1. The van der Waals surface area contributed by atoms with Crippen LogP contribution < -0.4 is 5.56 Å². The molecule has 164 valence electrons. The number of para-hydroxylation sites is 1. The number of halogens is 1. The second-order valence-electron chi connectivity index (χ2n) is 8.44. The van der Waals surface area contributed by atoms with E-state index in [-0.39, 0.29) is 23.0 Å². The van der Waals surface area contributed by atoms with Crippen molar-refractivity contribution >= 4 is 28.2 Å². The molecule has 0 spiro atoms. The van der Waals surface area contributed by atoms with E-state index in [1.165, 1.54) is 12.1 Å². The molecule has 0 radical (unpaired) electrons. The summed E-state index contributed by atoms with van der Waals surface area (Å²) in [5.74, 6) is -0.309.